The highest BCUT2D eigenvalue weighted by atomic mass is 32.2. The van der Waals surface area contributed by atoms with Crippen LogP contribution in [0, 0.1) is 0 Å². The van der Waals surface area contributed by atoms with E-state index in [9.17, 15) is 4.79 Å². The van der Waals surface area contributed by atoms with Crippen LogP contribution in [-0.2, 0) is 4.74 Å². The predicted molar refractivity (Wildman–Crippen MR) is 79.5 cm³/mol. The third kappa shape index (κ3) is 2.24. The number of fused-ring (bicyclic) bond motifs is 1. The number of rotatable bonds is 3. The van der Waals surface area contributed by atoms with Crippen molar-refractivity contribution in [1.82, 2.24) is 4.57 Å². The fraction of sp³-hybridized carbons (Fsp3) is 0.308. The number of aromatic nitrogens is 1. The van der Waals surface area contributed by atoms with Crippen LogP contribution in [0.1, 0.15) is 10.3 Å². The van der Waals surface area contributed by atoms with Crippen molar-refractivity contribution in [3.8, 4) is 0 Å². The lowest BCUT2D eigenvalue weighted by molar-refractivity contribution is 0.173. The predicted octanol–water partition coefficient (Wildman–Crippen LogP) is 3.98. The van der Waals surface area contributed by atoms with Crippen LogP contribution in [0.4, 0.5) is 4.79 Å². The summed E-state index contributed by atoms with van der Waals surface area (Å²) in [6, 6.07) is 9.91. The lowest BCUT2D eigenvalue weighted by atomic mass is 10.2. The van der Waals surface area contributed by atoms with Crippen LogP contribution < -0.4 is 0 Å². The number of thioether (sulfide) groups is 2. The van der Waals surface area contributed by atoms with Crippen molar-refractivity contribution in [2.45, 2.75) is 4.58 Å². The quantitative estimate of drug-likeness (QED) is 0.796. The van der Waals surface area contributed by atoms with Gasteiger partial charge in [-0.2, -0.15) is 0 Å². The van der Waals surface area contributed by atoms with Crippen molar-refractivity contribution in [1.29, 1.82) is 0 Å². The molecule has 0 bridgehead atoms. The highest BCUT2D eigenvalue weighted by molar-refractivity contribution is 8.15. The molecule has 3 nitrogen and oxygen atoms in total. The van der Waals surface area contributed by atoms with Crippen molar-refractivity contribution >= 4 is 40.5 Å². The van der Waals surface area contributed by atoms with E-state index in [0.717, 1.165) is 16.6 Å². The number of para-hydroxylation sites is 1. The Bertz CT molecular complexity index is 561. The zero-order valence-corrected chi connectivity index (χ0v) is 12.2. The first-order valence-corrected chi connectivity index (χ1v) is 8.04. The number of hydrogen-bond acceptors (Lipinski definition) is 4. The number of methoxy groups -OCH3 is 1. The van der Waals surface area contributed by atoms with Gasteiger partial charge in [0.2, 0.25) is 0 Å². The van der Waals surface area contributed by atoms with Crippen LogP contribution in [-0.4, -0.2) is 30.3 Å². The van der Waals surface area contributed by atoms with E-state index >= 15 is 0 Å². The highest BCUT2D eigenvalue weighted by Gasteiger charge is 2.21. The van der Waals surface area contributed by atoms with Gasteiger partial charge in [-0.1, -0.05) is 18.2 Å². The van der Waals surface area contributed by atoms with Gasteiger partial charge in [-0.25, -0.2) is 9.36 Å². The molecule has 0 saturated carbocycles. The van der Waals surface area contributed by atoms with Crippen molar-refractivity contribution in [2.75, 3.05) is 19.6 Å². The first-order valence-electron chi connectivity index (χ1n) is 5.47. The topological polar surface area (TPSA) is 31.2 Å². The van der Waals surface area contributed by atoms with Gasteiger partial charge >= 0.3 is 6.09 Å². The van der Waals surface area contributed by atoms with Gasteiger partial charge in [-0.05, 0) is 24.6 Å². The summed E-state index contributed by atoms with van der Waals surface area (Å²) in [5, 5.41) is 1.06. The second-order valence-corrected chi connectivity index (χ2v) is 5.92. The standard InChI is InChI=1S/C13H15NO2S2/c1-16-13(15)14-10-7-5-4-6-9(10)8-11(14)12(17-2)18-3/h4-8,12H,1-3H3. The maximum absolute atomic E-state index is 12.0. The Balaban J connectivity index is 2.67. The molecule has 0 unspecified atom stereocenters. The van der Waals surface area contributed by atoms with Gasteiger partial charge in [0.05, 0.1) is 22.9 Å². The average molecular weight is 281 g/mol. The smallest absolute Gasteiger partial charge is 0.418 e. The molecular weight excluding hydrogens is 266 g/mol. The van der Waals surface area contributed by atoms with Crippen LogP contribution in [0.5, 0.6) is 0 Å². The molecule has 1 heterocycles. The summed E-state index contributed by atoms with van der Waals surface area (Å²) in [6.07, 6.45) is 3.75. The monoisotopic (exact) mass is 281 g/mol. The van der Waals surface area contributed by atoms with Crippen molar-refractivity contribution < 1.29 is 9.53 Å². The molecule has 0 atom stereocenters. The van der Waals surface area contributed by atoms with E-state index in [2.05, 4.69) is 6.07 Å². The van der Waals surface area contributed by atoms with Gasteiger partial charge in [0.15, 0.2) is 0 Å². The van der Waals surface area contributed by atoms with Crippen molar-refractivity contribution in [3.05, 3.63) is 36.0 Å². The van der Waals surface area contributed by atoms with E-state index < -0.39 is 0 Å². The van der Waals surface area contributed by atoms with Gasteiger partial charge < -0.3 is 4.74 Å². The van der Waals surface area contributed by atoms with E-state index in [1.165, 1.54) is 7.11 Å². The Morgan fingerprint density at radius 1 is 1.28 bits per heavy atom. The summed E-state index contributed by atoms with van der Waals surface area (Å²) < 4.78 is 6.77. The molecule has 2 rings (SSSR count). The van der Waals surface area contributed by atoms with Crippen molar-refractivity contribution in [2.24, 2.45) is 0 Å². The Morgan fingerprint density at radius 3 is 2.56 bits per heavy atom. The fourth-order valence-electron chi connectivity index (χ4n) is 1.98. The Labute approximate surface area is 115 Å². The minimum Gasteiger partial charge on any atom is -0.452 e. The van der Waals surface area contributed by atoms with Crippen LogP contribution in [0.25, 0.3) is 10.9 Å². The molecule has 1 aromatic carbocycles. The Morgan fingerprint density at radius 2 is 1.94 bits per heavy atom. The molecule has 0 aliphatic heterocycles. The largest absolute Gasteiger partial charge is 0.452 e. The number of hydrogen-bond donors (Lipinski definition) is 0. The van der Waals surface area contributed by atoms with Gasteiger partial charge in [0.1, 0.15) is 0 Å². The molecule has 0 aliphatic carbocycles. The first kappa shape index (κ1) is 13.4. The zero-order chi connectivity index (χ0) is 13.1. The zero-order valence-electron chi connectivity index (χ0n) is 10.5. The van der Waals surface area contributed by atoms with Crippen LogP contribution in [0.3, 0.4) is 0 Å². The summed E-state index contributed by atoms with van der Waals surface area (Å²) >= 11 is 3.43. The fourth-order valence-corrected chi connectivity index (χ4v) is 3.58. The molecule has 1 aromatic heterocycles. The van der Waals surface area contributed by atoms with E-state index in [4.69, 9.17) is 4.74 Å². The Hall–Kier alpha value is -1.07. The number of carbonyl (C=O) groups is 1. The van der Waals surface area contributed by atoms with Gasteiger partial charge in [-0.3, -0.25) is 0 Å². The van der Waals surface area contributed by atoms with E-state index in [0.29, 0.717) is 0 Å². The van der Waals surface area contributed by atoms with Crippen LogP contribution in [0.2, 0.25) is 0 Å². The minimum absolute atomic E-state index is 0.219. The number of ether oxygens (including phenoxy) is 1. The summed E-state index contributed by atoms with van der Waals surface area (Å²) in [7, 11) is 1.41. The molecule has 0 radical (unpaired) electrons. The lowest BCUT2D eigenvalue weighted by Gasteiger charge is -2.14. The molecule has 0 saturated heterocycles. The SMILES string of the molecule is COC(=O)n1c(C(SC)SC)cc2ccccc21. The number of carbonyl (C=O) groups excluding carboxylic acids is 1. The maximum atomic E-state index is 12.0. The molecule has 0 fully saturated rings. The third-order valence-corrected chi connectivity index (χ3v) is 5.26. The van der Waals surface area contributed by atoms with E-state index in [-0.39, 0.29) is 10.7 Å². The van der Waals surface area contributed by atoms with Crippen LogP contribution in [0.15, 0.2) is 30.3 Å². The highest BCUT2D eigenvalue weighted by Crippen LogP contribution is 2.38. The summed E-state index contributed by atoms with van der Waals surface area (Å²) in [5.41, 5.74) is 1.87. The van der Waals surface area contributed by atoms with Crippen molar-refractivity contribution in [3.63, 3.8) is 0 Å². The maximum Gasteiger partial charge on any atom is 0.418 e. The van der Waals surface area contributed by atoms with E-state index in [1.807, 2.05) is 36.8 Å². The van der Waals surface area contributed by atoms with E-state index in [1.54, 1.807) is 28.1 Å². The lowest BCUT2D eigenvalue weighted by Crippen LogP contribution is -2.14. The summed E-state index contributed by atoms with van der Waals surface area (Å²) in [5.74, 6) is 0. The summed E-state index contributed by atoms with van der Waals surface area (Å²) in [6.45, 7) is 0. The first-order chi connectivity index (χ1) is 8.72. The Kier molecular flexibility index (Phi) is 4.24. The average Bonchev–Trinajstić information content (AvgIpc) is 2.78. The molecule has 0 aliphatic rings. The third-order valence-electron chi connectivity index (χ3n) is 2.77. The molecule has 0 N–H and O–H groups in total. The number of benzene rings is 1. The van der Waals surface area contributed by atoms with Gasteiger partial charge in [0, 0.05) is 5.39 Å². The van der Waals surface area contributed by atoms with Gasteiger partial charge in [0.25, 0.3) is 0 Å². The summed E-state index contributed by atoms with van der Waals surface area (Å²) in [4.78, 5) is 12.0. The molecule has 2 aromatic rings. The molecular formula is C13H15NO2S2. The molecule has 96 valence electrons. The second kappa shape index (κ2) is 5.71. The second-order valence-electron chi connectivity index (χ2n) is 3.74. The minimum atomic E-state index is -0.334. The molecule has 0 spiro atoms. The van der Waals surface area contributed by atoms with Gasteiger partial charge in [-0.15, -0.1) is 23.5 Å². The van der Waals surface area contributed by atoms with Crippen LogP contribution >= 0.6 is 23.5 Å². The molecule has 18 heavy (non-hydrogen) atoms. The number of nitrogens with zero attached hydrogens (tertiary/aromatic N) is 1. The molecule has 5 heteroatoms. The molecule has 0 amide bonds. The normalized spacial score (nSPS) is 11.1.